The van der Waals surface area contributed by atoms with E-state index in [1.54, 1.807) is 18.5 Å². The SMILES string of the molecule is C[C@@H](NC=O)c1cncc(Cl)c1. The van der Waals surface area contributed by atoms with Crippen LogP contribution in [0.25, 0.3) is 0 Å². The lowest BCUT2D eigenvalue weighted by Gasteiger charge is -2.09. The maximum absolute atomic E-state index is 10.1. The van der Waals surface area contributed by atoms with E-state index < -0.39 is 0 Å². The van der Waals surface area contributed by atoms with Crippen LogP contribution in [0.15, 0.2) is 18.5 Å². The third-order valence-corrected chi connectivity index (χ3v) is 1.75. The molecular formula is C8H9ClN2O. The first kappa shape index (κ1) is 9.00. The monoisotopic (exact) mass is 184 g/mol. The van der Waals surface area contributed by atoms with E-state index in [4.69, 9.17) is 11.6 Å². The molecule has 0 spiro atoms. The Bertz CT molecular complexity index is 278. The molecule has 0 aliphatic carbocycles. The third-order valence-electron chi connectivity index (χ3n) is 1.54. The van der Waals surface area contributed by atoms with Crippen molar-refractivity contribution in [1.29, 1.82) is 0 Å². The number of hydrogen-bond acceptors (Lipinski definition) is 2. The highest BCUT2D eigenvalue weighted by molar-refractivity contribution is 6.30. The Hall–Kier alpha value is -1.09. The molecule has 64 valence electrons. The zero-order valence-electron chi connectivity index (χ0n) is 6.62. The molecule has 0 saturated carbocycles. The lowest BCUT2D eigenvalue weighted by atomic mass is 10.1. The predicted octanol–water partition coefficient (Wildman–Crippen LogP) is 1.54. The number of nitrogens with one attached hydrogen (secondary N) is 1. The number of halogens is 1. The summed E-state index contributed by atoms with van der Waals surface area (Å²) in [5, 5.41) is 3.19. The van der Waals surface area contributed by atoms with Gasteiger partial charge >= 0.3 is 0 Å². The maximum Gasteiger partial charge on any atom is 0.207 e. The van der Waals surface area contributed by atoms with Crippen molar-refractivity contribution in [3.8, 4) is 0 Å². The molecule has 0 aromatic carbocycles. The van der Waals surface area contributed by atoms with Crippen LogP contribution in [0.1, 0.15) is 18.5 Å². The van der Waals surface area contributed by atoms with E-state index >= 15 is 0 Å². The molecule has 4 heteroatoms. The largest absolute Gasteiger partial charge is 0.352 e. The summed E-state index contributed by atoms with van der Waals surface area (Å²) in [5.74, 6) is 0. The Kier molecular flexibility index (Phi) is 3.05. The van der Waals surface area contributed by atoms with Crippen molar-refractivity contribution in [1.82, 2.24) is 10.3 Å². The smallest absolute Gasteiger partial charge is 0.207 e. The number of rotatable bonds is 3. The fraction of sp³-hybridized carbons (Fsp3) is 0.250. The molecule has 1 atom stereocenters. The first-order valence-electron chi connectivity index (χ1n) is 3.54. The van der Waals surface area contributed by atoms with E-state index in [0.717, 1.165) is 5.56 Å². The summed E-state index contributed by atoms with van der Waals surface area (Å²) in [5.41, 5.74) is 0.898. The van der Waals surface area contributed by atoms with Crippen molar-refractivity contribution in [3.63, 3.8) is 0 Å². The van der Waals surface area contributed by atoms with E-state index in [9.17, 15) is 4.79 Å². The number of nitrogens with zero attached hydrogens (tertiary/aromatic N) is 1. The maximum atomic E-state index is 10.1. The van der Waals surface area contributed by atoms with E-state index in [2.05, 4.69) is 10.3 Å². The molecule has 0 fully saturated rings. The van der Waals surface area contributed by atoms with Gasteiger partial charge in [-0.2, -0.15) is 0 Å². The average molecular weight is 185 g/mol. The van der Waals surface area contributed by atoms with Gasteiger partial charge in [0.25, 0.3) is 0 Å². The average Bonchev–Trinajstić information content (AvgIpc) is 2.05. The minimum absolute atomic E-state index is 0.0475. The van der Waals surface area contributed by atoms with Crippen molar-refractivity contribution < 1.29 is 4.79 Å². The van der Waals surface area contributed by atoms with Crippen molar-refractivity contribution in [2.75, 3.05) is 0 Å². The van der Waals surface area contributed by atoms with Crippen LogP contribution >= 0.6 is 11.6 Å². The highest BCUT2D eigenvalue weighted by Crippen LogP contribution is 2.14. The number of carbonyl (C=O) groups is 1. The van der Waals surface area contributed by atoms with Crippen LogP contribution in [0.3, 0.4) is 0 Å². The van der Waals surface area contributed by atoms with Crippen molar-refractivity contribution in [3.05, 3.63) is 29.0 Å². The molecule has 0 saturated heterocycles. The fourth-order valence-electron chi connectivity index (χ4n) is 0.863. The molecule has 1 N–H and O–H groups in total. The molecule has 1 aromatic rings. The van der Waals surface area contributed by atoms with Crippen molar-refractivity contribution in [2.45, 2.75) is 13.0 Å². The van der Waals surface area contributed by atoms with Crippen molar-refractivity contribution >= 4 is 18.0 Å². The zero-order chi connectivity index (χ0) is 8.97. The summed E-state index contributed by atoms with van der Waals surface area (Å²) >= 11 is 5.71. The van der Waals surface area contributed by atoms with Gasteiger partial charge in [-0.25, -0.2) is 0 Å². The van der Waals surface area contributed by atoms with Gasteiger partial charge in [-0.15, -0.1) is 0 Å². The van der Waals surface area contributed by atoms with E-state index in [1.807, 2.05) is 6.92 Å². The Labute approximate surface area is 75.8 Å². The van der Waals surface area contributed by atoms with Crippen LogP contribution in [0, 0.1) is 0 Å². The van der Waals surface area contributed by atoms with E-state index in [-0.39, 0.29) is 6.04 Å². The van der Waals surface area contributed by atoms with Gasteiger partial charge in [-0.1, -0.05) is 11.6 Å². The van der Waals surface area contributed by atoms with Gasteiger partial charge in [0.2, 0.25) is 6.41 Å². The van der Waals surface area contributed by atoms with Crippen LogP contribution in [0.2, 0.25) is 5.02 Å². The minimum Gasteiger partial charge on any atom is -0.352 e. The van der Waals surface area contributed by atoms with Crippen LogP contribution in [-0.4, -0.2) is 11.4 Å². The molecular weight excluding hydrogens is 176 g/mol. The Balaban J connectivity index is 2.80. The Morgan fingerprint density at radius 3 is 3.00 bits per heavy atom. The first-order chi connectivity index (χ1) is 5.74. The minimum atomic E-state index is -0.0475. The second kappa shape index (κ2) is 4.07. The first-order valence-corrected chi connectivity index (χ1v) is 3.92. The lowest BCUT2D eigenvalue weighted by molar-refractivity contribution is -0.110. The highest BCUT2D eigenvalue weighted by Gasteiger charge is 2.03. The van der Waals surface area contributed by atoms with Gasteiger partial charge in [0, 0.05) is 12.4 Å². The number of amides is 1. The predicted molar refractivity (Wildman–Crippen MR) is 46.9 cm³/mol. The molecule has 1 heterocycles. The quantitative estimate of drug-likeness (QED) is 0.725. The number of pyridine rings is 1. The van der Waals surface area contributed by atoms with Gasteiger partial charge in [0.1, 0.15) is 0 Å². The van der Waals surface area contributed by atoms with Gasteiger partial charge in [-0.05, 0) is 18.6 Å². The third kappa shape index (κ3) is 2.20. The second-order valence-corrected chi connectivity index (χ2v) is 2.88. The molecule has 0 unspecified atom stereocenters. The molecule has 3 nitrogen and oxygen atoms in total. The van der Waals surface area contributed by atoms with Crippen LogP contribution in [0.4, 0.5) is 0 Å². The second-order valence-electron chi connectivity index (χ2n) is 2.44. The topological polar surface area (TPSA) is 42.0 Å². The number of carbonyl (C=O) groups excluding carboxylic acids is 1. The molecule has 1 aromatic heterocycles. The van der Waals surface area contributed by atoms with E-state index in [1.165, 1.54) is 0 Å². The summed E-state index contributed by atoms with van der Waals surface area (Å²) in [6, 6.07) is 1.73. The van der Waals surface area contributed by atoms with Crippen molar-refractivity contribution in [2.24, 2.45) is 0 Å². The summed E-state index contributed by atoms with van der Waals surface area (Å²) in [6.45, 7) is 1.86. The molecule has 0 aliphatic heterocycles. The Morgan fingerprint density at radius 1 is 1.67 bits per heavy atom. The van der Waals surface area contributed by atoms with Gasteiger partial charge in [0.05, 0.1) is 11.1 Å². The molecule has 12 heavy (non-hydrogen) atoms. The molecule has 0 bridgehead atoms. The fourth-order valence-corrected chi connectivity index (χ4v) is 1.05. The Morgan fingerprint density at radius 2 is 2.42 bits per heavy atom. The molecule has 0 aliphatic rings. The summed E-state index contributed by atoms with van der Waals surface area (Å²) < 4.78 is 0. The number of hydrogen-bond donors (Lipinski definition) is 1. The molecule has 0 radical (unpaired) electrons. The normalized spacial score (nSPS) is 12.2. The standard InChI is InChI=1S/C8H9ClN2O/c1-6(11-5-12)7-2-8(9)4-10-3-7/h2-6H,1H3,(H,11,12)/t6-/m1/s1. The van der Waals surface area contributed by atoms with Gasteiger partial charge in [0.15, 0.2) is 0 Å². The molecule has 1 amide bonds. The summed E-state index contributed by atoms with van der Waals surface area (Å²) in [6.07, 6.45) is 3.89. The zero-order valence-corrected chi connectivity index (χ0v) is 7.38. The summed E-state index contributed by atoms with van der Waals surface area (Å²) in [4.78, 5) is 14.0. The molecule has 1 rings (SSSR count). The number of aromatic nitrogens is 1. The van der Waals surface area contributed by atoms with Gasteiger partial charge < -0.3 is 5.32 Å². The van der Waals surface area contributed by atoms with Crippen LogP contribution < -0.4 is 5.32 Å². The highest BCUT2D eigenvalue weighted by atomic mass is 35.5. The van der Waals surface area contributed by atoms with E-state index in [0.29, 0.717) is 11.4 Å². The van der Waals surface area contributed by atoms with Crippen LogP contribution in [0.5, 0.6) is 0 Å². The lowest BCUT2D eigenvalue weighted by Crippen LogP contribution is -2.16. The van der Waals surface area contributed by atoms with Crippen LogP contribution in [-0.2, 0) is 4.79 Å². The van der Waals surface area contributed by atoms with Gasteiger partial charge in [-0.3, -0.25) is 9.78 Å². The summed E-state index contributed by atoms with van der Waals surface area (Å²) in [7, 11) is 0.